The summed E-state index contributed by atoms with van der Waals surface area (Å²) in [7, 11) is 0. The fourth-order valence-electron chi connectivity index (χ4n) is 3.22. The van der Waals surface area contributed by atoms with Crippen molar-refractivity contribution in [3.8, 4) is 0 Å². The lowest BCUT2D eigenvalue weighted by Gasteiger charge is -2.43. The summed E-state index contributed by atoms with van der Waals surface area (Å²) >= 11 is 0. The Kier molecular flexibility index (Phi) is 2.93. The maximum Gasteiger partial charge on any atom is 0.0580 e. The highest BCUT2D eigenvalue weighted by Gasteiger charge is 2.39. The van der Waals surface area contributed by atoms with Crippen LogP contribution in [0.1, 0.15) is 26.2 Å². The summed E-state index contributed by atoms with van der Waals surface area (Å²) in [5.41, 5.74) is 0. The van der Waals surface area contributed by atoms with Gasteiger partial charge >= 0.3 is 0 Å². The zero-order valence-corrected chi connectivity index (χ0v) is 8.76. The third-order valence-corrected chi connectivity index (χ3v) is 3.86. The molecule has 2 rings (SSSR count). The molecule has 1 saturated carbocycles. The Morgan fingerprint density at radius 2 is 2.14 bits per heavy atom. The minimum Gasteiger partial charge on any atom is -0.396 e. The first kappa shape index (κ1) is 10.2. The van der Waals surface area contributed by atoms with Gasteiger partial charge in [-0.15, -0.1) is 0 Å². The van der Waals surface area contributed by atoms with Gasteiger partial charge in [0.15, 0.2) is 0 Å². The Morgan fingerprint density at radius 1 is 1.36 bits per heavy atom. The first-order valence-corrected chi connectivity index (χ1v) is 5.68. The number of fused-ring (bicyclic) bond motifs is 1. The van der Waals surface area contributed by atoms with E-state index in [0.717, 1.165) is 12.8 Å². The van der Waals surface area contributed by atoms with Gasteiger partial charge in [-0.3, -0.25) is 0 Å². The second kappa shape index (κ2) is 4.03. The van der Waals surface area contributed by atoms with Gasteiger partial charge in [0.1, 0.15) is 0 Å². The monoisotopic (exact) mass is 196 g/mol. The van der Waals surface area contributed by atoms with Crippen molar-refractivity contribution in [1.82, 2.24) is 0 Å². The highest BCUT2D eigenvalue weighted by Crippen LogP contribution is 2.42. The van der Waals surface area contributed by atoms with Crippen molar-refractivity contribution in [2.45, 2.75) is 32.3 Å². The van der Waals surface area contributed by atoms with Crippen LogP contribution >= 0.6 is 0 Å². The normalized spacial score (nSPS) is 47.5. The van der Waals surface area contributed by atoms with E-state index in [4.69, 9.17) is 0 Å². The van der Waals surface area contributed by atoms with E-state index in [-0.39, 0.29) is 18.6 Å². The van der Waals surface area contributed by atoms with Crippen molar-refractivity contribution in [2.24, 2.45) is 23.7 Å². The fourth-order valence-corrected chi connectivity index (χ4v) is 3.22. The highest BCUT2D eigenvalue weighted by molar-refractivity contribution is 5.05. The number of hydrogen-bond acceptors (Lipinski definition) is 2. The van der Waals surface area contributed by atoms with E-state index in [0.29, 0.717) is 17.8 Å². The lowest BCUT2D eigenvalue weighted by atomic mass is 9.65. The van der Waals surface area contributed by atoms with Crippen LogP contribution in [-0.2, 0) is 0 Å². The third kappa shape index (κ3) is 1.73. The molecule has 2 N–H and O–H groups in total. The van der Waals surface area contributed by atoms with Gasteiger partial charge in [0.25, 0.3) is 0 Å². The zero-order valence-electron chi connectivity index (χ0n) is 8.76. The van der Waals surface area contributed by atoms with Crippen molar-refractivity contribution in [3.63, 3.8) is 0 Å². The number of hydrogen-bond donors (Lipinski definition) is 2. The lowest BCUT2D eigenvalue weighted by Crippen LogP contribution is -2.42. The summed E-state index contributed by atoms with van der Waals surface area (Å²) in [6.45, 7) is 2.42. The second-order valence-corrected chi connectivity index (χ2v) is 4.99. The largest absolute Gasteiger partial charge is 0.396 e. The predicted octanol–water partition coefficient (Wildman–Crippen LogP) is 1.58. The minimum absolute atomic E-state index is 0.203. The molecule has 2 nitrogen and oxygen atoms in total. The SMILES string of the molecule is CC1CC(O)C2C(C=CCC2CO)C1. The molecule has 14 heavy (non-hydrogen) atoms. The summed E-state index contributed by atoms with van der Waals surface area (Å²) in [4.78, 5) is 0. The summed E-state index contributed by atoms with van der Waals surface area (Å²) in [5, 5.41) is 19.3. The molecule has 5 atom stereocenters. The molecule has 2 aliphatic carbocycles. The molecule has 0 radical (unpaired) electrons. The lowest BCUT2D eigenvalue weighted by molar-refractivity contribution is -0.0237. The zero-order chi connectivity index (χ0) is 10.1. The van der Waals surface area contributed by atoms with Gasteiger partial charge in [-0.1, -0.05) is 19.1 Å². The summed E-state index contributed by atoms with van der Waals surface area (Å²) in [6.07, 6.45) is 7.23. The van der Waals surface area contributed by atoms with Gasteiger partial charge in [-0.05, 0) is 42.9 Å². The van der Waals surface area contributed by atoms with Gasteiger partial charge in [0.2, 0.25) is 0 Å². The van der Waals surface area contributed by atoms with Gasteiger partial charge in [0, 0.05) is 6.61 Å². The molecule has 2 aliphatic rings. The van der Waals surface area contributed by atoms with E-state index in [1.54, 1.807) is 0 Å². The van der Waals surface area contributed by atoms with E-state index in [1.807, 2.05) is 0 Å². The Labute approximate surface area is 85.6 Å². The molecular formula is C12H20O2. The molecule has 2 heteroatoms. The molecule has 0 spiro atoms. The summed E-state index contributed by atoms with van der Waals surface area (Å²) in [6, 6.07) is 0. The molecule has 80 valence electrons. The van der Waals surface area contributed by atoms with E-state index in [9.17, 15) is 10.2 Å². The molecular weight excluding hydrogens is 176 g/mol. The van der Waals surface area contributed by atoms with E-state index in [2.05, 4.69) is 19.1 Å². The van der Waals surface area contributed by atoms with Crippen molar-refractivity contribution >= 4 is 0 Å². The molecule has 0 aliphatic heterocycles. The average Bonchev–Trinajstić information content (AvgIpc) is 2.16. The van der Waals surface area contributed by atoms with Crippen LogP contribution in [-0.4, -0.2) is 22.9 Å². The average molecular weight is 196 g/mol. The molecule has 0 bridgehead atoms. The molecule has 0 aromatic rings. The van der Waals surface area contributed by atoms with Crippen LogP contribution in [0.25, 0.3) is 0 Å². The first-order chi connectivity index (χ1) is 6.72. The predicted molar refractivity (Wildman–Crippen MR) is 55.7 cm³/mol. The molecule has 5 unspecified atom stereocenters. The van der Waals surface area contributed by atoms with Gasteiger partial charge in [-0.25, -0.2) is 0 Å². The Bertz CT molecular complexity index is 224. The Hall–Kier alpha value is -0.340. The van der Waals surface area contributed by atoms with Crippen LogP contribution in [0.3, 0.4) is 0 Å². The smallest absolute Gasteiger partial charge is 0.0580 e. The van der Waals surface area contributed by atoms with Crippen molar-refractivity contribution in [3.05, 3.63) is 12.2 Å². The number of aliphatic hydroxyl groups is 2. The van der Waals surface area contributed by atoms with Crippen LogP contribution in [0.2, 0.25) is 0 Å². The van der Waals surface area contributed by atoms with Crippen molar-refractivity contribution < 1.29 is 10.2 Å². The van der Waals surface area contributed by atoms with E-state index < -0.39 is 0 Å². The highest BCUT2D eigenvalue weighted by atomic mass is 16.3. The number of aliphatic hydroxyl groups excluding tert-OH is 2. The molecule has 0 aromatic heterocycles. The number of rotatable bonds is 1. The standard InChI is InChI=1S/C12H20O2/c1-8-5-9-3-2-4-10(7-13)12(9)11(14)6-8/h2-3,8-14H,4-7H2,1H3. The van der Waals surface area contributed by atoms with Crippen LogP contribution in [0.5, 0.6) is 0 Å². The third-order valence-electron chi connectivity index (χ3n) is 3.86. The Balaban J connectivity index is 2.15. The molecule has 0 heterocycles. The van der Waals surface area contributed by atoms with Crippen LogP contribution in [0.4, 0.5) is 0 Å². The van der Waals surface area contributed by atoms with Crippen LogP contribution in [0.15, 0.2) is 12.2 Å². The van der Waals surface area contributed by atoms with Crippen LogP contribution in [0, 0.1) is 23.7 Å². The van der Waals surface area contributed by atoms with Crippen molar-refractivity contribution in [1.29, 1.82) is 0 Å². The number of allylic oxidation sites excluding steroid dienone is 2. The molecule has 0 amide bonds. The fraction of sp³-hybridized carbons (Fsp3) is 0.833. The second-order valence-electron chi connectivity index (χ2n) is 4.99. The maximum absolute atomic E-state index is 10.0. The van der Waals surface area contributed by atoms with Gasteiger partial charge in [-0.2, -0.15) is 0 Å². The van der Waals surface area contributed by atoms with Gasteiger partial charge in [0.05, 0.1) is 6.10 Å². The summed E-state index contributed by atoms with van der Waals surface area (Å²) in [5.74, 6) is 1.71. The first-order valence-electron chi connectivity index (χ1n) is 5.68. The van der Waals surface area contributed by atoms with E-state index >= 15 is 0 Å². The molecule has 0 saturated heterocycles. The van der Waals surface area contributed by atoms with E-state index in [1.165, 1.54) is 6.42 Å². The quantitative estimate of drug-likeness (QED) is 0.625. The van der Waals surface area contributed by atoms with Crippen molar-refractivity contribution in [2.75, 3.05) is 6.61 Å². The van der Waals surface area contributed by atoms with Gasteiger partial charge < -0.3 is 10.2 Å². The topological polar surface area (TPSA) is 40.5 Å². The molecule has 0 aromatic carbocycles. The van der Waals surface area contributed by atoms with Crippen LogP contribution < -0.4 is 0 Å². The Morgan fingerprint density at radius 3 is 2.86 bits per heavy atom. The minimum atomic E-state index is -0.203. The maximum atomic E-state index is 10.0. The summed E-state index contributed by atoms with van der Waals surface area (Å²) < 4.78 is 0. The molecule has 1 fully saturated rings.